The number of unbranched alkanes of at least 4 members (excludes halogenated alkanes) is 4. The molecule has 87 heavy (non-hydrogen) atoms. The second-order valence-corrected chi connectivity index (χ2v) is 24.0. The Hall–Kier alpha value is -6.99. The number of carbonyl (C=O) groups is 11. The van der Waals surface area contributed by atoms with E-state index < -0.39 is 157 Å². The molecule has 2 heterocycles. The van der Waals surface area contributed by atoms with Crippen molar-refractivity contribution >= 4 is 65.0 Å². The Balaban J connectivity index is 2.18. The Bertz CT molecular complexity index is 2480. The highest BCUT2D eigenvalue weighted by Gasteiger charge is 2.43. The molecular formula is C62H101N11O14. The summed E-state index contributed by atoms with van der Waals surface area (Å²) >= 11 is 0. The third-order valence-electron chi connectivity index (χ3n) is 15.8. The molecule has 2 fully saturated rings. The molecule has 1 aromatic carbocycles. The van der Waals surface area contributed by atoms with Crippen LogP contribution >= 0.6 is 0 Å². The lowest BCUT2D eigenvalue weighted by Gasteiger charge is -2.31. The van der Waals surface area contributed by atoms with Gasteiger partial charge in [0.1, 0.15) is 54.0 Å². The minimum atomic E-state index is -1.52. The lowest BCUT2D eigenvalue weighted by Crippen LogP contribution is -2.62. The van der Waals surface area contributed by atoms with Crippen molar-refractivity contribution in [1.29, 1.82) is 0 Å². The highest BCUT2D eigenvalue weighted by molar-refractivity contribution is 6.02. The minimum absolute atomic E-state index is 0.0705. The summed E-state index contributed by atoms with van der Waals surface area (Å²) in [7, 11) is 0. The van der Waals surface area contributed by atoms with E-state index in [0.717, 1.165) is 30.6 Å². The maximum absolute atomic E-state index is 14.6. The van der Waals surface area contributed by atoms with Gasteiger partial charge < -0.3 is 73.4 Å². The first-order chi connectivity index (χ1) is 41.3. The number of fused-ring (bicyclic) bond motifs is 1. The van der Waals surface area contributed by atoms with Gasteiger partial charge in [0.25, 0.3) is 5.91 Å². The molecule has 0 bridgehead atoms. The lowest BCUT2D eigenvalue weighted by atomic mass is 9.93. The van der Waals surface area contributed by atoms with E-state index in [1.54, 1.807) is 44.2 Å². The van der Waals surface area contributed by atoms with E-state index in [1.165, 1.54) is 13.0 Å². The Morgan fingerprint density at radius 2 is 1.06 bits per heavy atom. The highest BCUT2D eigenvalue weighted by atomic mass is 16.3. The van der Waals surface area contributed by atoms with Gasteiger partial charge in [-0.1, -0.05) is 144 Å². The van der Waals surface area contributed by atoms with Gasteiger partial charge in [-0.2, -0.15) is 0 Å². The Labute approximate surface area is 513 Å². The van der Waals surface area contributed by atoms with Crippen molar-refractivity contribution in [2.75, 3.05) is 26.3 Å². The molecule has 3 rings (SSSR count). The number of allylic oxidation sites excluding steroid dienone is 1. The molecule has 25 heteroatoms. The predicted octanol–water partition coefficient (Wildman–Crippen LogP) is 0.919. The van der Waals surface area contributed by atoms with Gasteiger partial charge in [-0.3, -0.25) is 52.7 Å². The number of aliphatic hydroxyl groups excluding tert-OH is 3. The highest BCUT2D eigenvalue weighted by Crippen LogP contribution is 2.22. The summed E-state index contributed by atoms with van der Waals surface area (Å²) in [6.07, 6.45) is 4.20. The molecule has 0 spiro atoms. The van der Waals surface area contributed by atoms with Crippen LogP contribution in [0, 0.1) is 23.7 Å². The van der Waals surface area contributed by atoms with Crippen molar-refractivity contribution in [3.63, 3.8) is 0 Å². The van der Waals surface area contributed by atoms with Crippen LogP contribution in [0.1, 0.15) is 165 Å². The topological polar surface area (TPSA) is 372 Å². The molecule has 1 unspecified atom stereocenters. The molecule has 0 aromatic heterocycles. The van der Waals surface area contributed by atoms with Crippen LogP contribution in [0.4, 0.5) is 0 Å². The van der Waals surface area contributed by atoms with Gasteiger partial charge in [0.15, 0.2) is 0 Å². The third kappa shape index (κ3) is 25.0. The summed E-state index contributed by atoms with van der Waals surface area (Å²) in [6, 6.07) is -2.83. The van der Waals surface area contributed by atoms with E-state index in [9.17, 15) is 68.1 Å². The summed E-state index contributed by atoms with van der Waals surface area (Å²) in [4.78, 5) is 157. The Kier molecular flexibility index (Phi) is 32.7. The molecule has 0 aliphatic carbocycles. The molecule has 11 amide bonds. The van der Waals surface area contributed by atoms with E-state index >= 15 is 0 Å². The summed E-state index contributed by atoms with van der Waals surface area (Å²) in [6.45, 7) is 15.8. The molecule has 488 valence electrons. The van der Waals surface area contributed by atoms with Crippen LogP contribution in [-0.4, -0.2) is 172 Å². The van der Waals surface area contributed by atoms with Crippen LogP contribution in [-0.2, 0) is 59.2 Å². The maximum Gasteiger partial charge on any atom is 0.270 e. The number of benzene rings is 1. The van der Waals surface area contributed by atoms with E-state index in [0.29, 0.717) is 31.2 Å². The van der Waals surface area contributed by atoms with Crippen LogP contribution in [0.2, 0.25) is 0 Å². The first-order valence-electron chi connectivity index (χ1n) is 31.2. The zero-order valence-electron chi connectivity index (χ0n) is 52.8. The normalized spacial score (nSPS) is 26.6. The van der Waals surface area contributed by atoms with Crippen LogP contribution < -0.4 is 53.2 Å². The van der Waals surface area contributed by atoms with Gasteiger partial charge in [-0.25, -0.2) is 0 Å². The van der Waals surface area contributed by atoms with Crippen molar-refractivity contribution in [3.05, 3.63) is 47.7 Å². The summed E-state index contributed by atoms with van der Waals surface area (Å²) < 4.78 is 0. The average Bonchev–Trinajstić information content (AvgIpc) is 2.97. The average molecular weight is 1220 g/mol. The van der Waals surface area contributed by atoms with E-state index in [4.69, 9.17) is 0 Å². The number of amides is 11. The van der Waals surface area contributed by atoms with Crippen molar-refractivity contribution < 1.29 is 68.1 Å². The summed E-state index contributed by atoms with van der Waals surface area (Å²) in [5, 5.41) is 58.1. The summed E-state index contributed by atoms with van der Waals surface area (Å²) in [5.74, 6) is -10.0. The maximum atomic E-state index is 14.6. The number of rotatable bonds is 20. The molecule has 0 saturated carbocycles. The van der Waals surface area contributed by atoms with Gasteiger partial charge in [0.2, 0.25) is 59.1 Å². The standard InChI is InChI=1S/C62H101N11O14/c1-11-15-16-17-21-24-41-32-50(77)65-44(25-27-74)55(80)66-43(14-4)62(87)73-35-42(76)33-49(73)59(84)67-45(26-28-75)56(81)69-48(31-40-22-19-18-20-23-40)57(82)68-47(30-37(7)8)58(83)71-53(39(10)13-3)61(86)72-52(38(9)12-2)60(85)70-46(29-36(5)6)54(79)63-34-51(78)64-41/h14,18-20,22-23,36-39,41-42,44-49,52-53,74-76H,11-13,15-17,21,24-35H2,1-10H3,(H,63,79)(H,64,78)(H,65,77)(H,66,80)(H,67,84)(H,68,82)(H,69,81)(H,70,85)(H,71,83)(H,72,86)/t38-,39-,41-,42-,44+,45+,46+,47-,48-,49+,52-,53?/m1/s1. The van der Waals surface area contributed by atoms with Gasteiger partial charge in [0, 0.05) is 45.1 Å². The largest absolute Gasteiger partial charge is 0.396 e. The van der Waals surface area contributed by atoms with E-state index in [2.05, 4.69) is 60.1 Å². The van der Waals surface area contributed by atoms with Gasteiger partial charge in [0.05, 0.1) is 12.6 Å². The number of hydrogen-bond acceptors (Lipinski definition) is 14. The number of aliphatic hydroxyl groups is 3. The second-order valence-electron chi connectivity index (χ2n) is 24.0. The van der Waals surface area contributed by atoms with Gasteiger partial charge in [-0.15, -0.1) is 0 Å². The van der Waals surface area contributed by atoms with Crippen LogP contribution in [0.15, 0.2) is 42.1 Å². The number of carbonyl (C=O) groups excluding carboxylic acids is 11. The number of nitrogens with one attached hydrogen (secondary N) is 10. The van der Waals surface area contributed by atoms with Crippen molar-refractivity contribution in [1.82, 2.24) is 58.1 Å². The minimum Gasteiger partial charge on any atom is -0.396 e. The van der Waals surface area contributed by atoms with E-state index in [1.807, 2.05) is 41.5 Å². The molecular weight excluding hydrogens is 1120 g/mol. The molecule has 2 aliphatic heterocycles. The molecule has 2 saturated heterocycles. The Morgan fingerprint density at radius 1 is 0.552 bits per heavy atom. The SMILES string of the molecule is CC=C1NC(=O)[C@H](CCO)NC(=O)C[C@@H](CCCCCCC)NC(=O)CNC(=O)[C@H](CC(C)C)NC(=O)[C@@H]([C@H](C)CC)NC(=O)C([C@H](C)CC)NC(=O)[C@@H](CC(C)C)NC(=O)[C@@H](Cc2ccccc2)NC(=O)[C@H](CCO)NC(=O)[C@@H]2C[C@@H](O)CN2C1=O. The predicted molar refractivity (Wildman–Crippen MR) is 326 cm³/mol. The first-order valence-corrected chi connectivity index (χ1v) is 31.2. The third-order valence-corrected chi connectivity index (χ3v) is 15.8. The van der Waals surface area contributed by atoms with Gasteiger partial charge >= 0.3 is 0 Å². The monoisotopic (exact) mass is 1220 g/mol. The van der Waals surface area contributed by atoms with E-state index in [-0.39, 0.29) is 69.0 Å². The molecule has 25 nitrogen and oxygen atoms in total. The first kappa shape index (κ1) is 74.3. The fourth-order valence-corrected chi connectivity index (χ4v) is 10.4. The molecule has 1 aromatic rings. The van der Waals surface area contributed by atoms with Crippen LogP contribution in [0.5, 0.6) is 0 Å². The van der Waals surface area contributed by atoms with Crippen molar-refractivity contribution in [3.8, 4) is 0 Å². The quantitative estimate of drug-likeness (QED) is 0.0638. The van der Waals surface area contributed by atoms with Crippen molar-refractivity contribution in [2.24, 2.45) is 23.7 Å². The van der Waals surface area contributed by atoms with Crippen LogP contribution in [0.3, 0.4) is 0 Å². The Morgan fingerprint density at radius 3 is 1.62 bits per heavy atom. The fourth-order valence-electron chi connectivity index (χ4n) is 10.4. The van der Waals surface area contributed by atoms with Gasteiger partial charge in [-0.05, 0) is 68.3 Å². The second kappa shape index (κ2) is 38.3. The molecule has 2 aliphatic rings. The summed E-state index contributed by atoms with van der Waals surface area (Å²) in [5.41, 5.74) is 0.244. The zero-order chi connectivity index (χ0) is 64.9. The lowest BCUT2D eigenvalue weighted by molar-refractivity contribution is -0.139. The number of hydrogen-bond donors (Lipinski definition) is 13. The zero-order valence-corrected chi connectivity index (χ0v) is 52.8. The molecule has 0 radical (unpaired) electrons. The fraction of sp³-hybridized carbons (Fsp3) is 0.694. The molecule has 13 N–H and O–H groups in total. The number of nitrogens with zero attached hydrogens (tertiary/aromatic N) is 1. The smallest absolute Gasteiger partial charge is 0.270 e. The van der Waals surface area contributed by atoms with Crippen LogP contribution in [0.25, 0.3) is 0 Å². The van der Waals surface area contributed by atoms with Crippen molar-refractivity contribution in [2.45, 2.75) is 226 Å². The molecule has 12 atom stereocenters.